The molecule has 0 saturated carbocycles. The zero-order valence-electron chi connectivity index (χ0n) is 20.0. The number of ether oxygens (including phenoxy) is 2. The molecule has 2 aromatic rings. The van der Waals surface area contributed by atoms with E-state index in [9.17, 15) is 9.90 Å². The fourth-order valence-corrected chi connectivity index (χ4v) is 5.60. The third-order valence-corrected chi connectivity index (χ3v) is 7.86. The van der Waals surface area contributed by atoms with Crippen LogP contribution in [0.25, 0.3) is 10.8 Å². The monoisotopic (exact) mass is 488 g/mol. The van der Waals surface area contributed by atoms with Gasteiger partial charge in [0, 0.05) is 37.8 Å². The predicted octanol–water partition coefficient (Wildman–Crippen LogP) is 2.91. The Balaban J connectivity index is 1.30. The van der Waals surface area contributed by atoms with Crippen LogP contribution in [-0.4, -0.2) is 84.1 Å². The standard InChI is InChI=1S/C25H33ClN4O4/c1-24(2)11-18(13-34-24)23(32)28-22-10-16-9-20(19(26)8-17(16)12-27-22)29-4-6-30(7-5-29)25(3)15-33-14-21(25)31/h8-10,12,18,21,31H,4-7,11,13-15H2,1-3H3,(H,27,28,32)/t18-,21+,25-/m1/s1. The molecule has 184 valence electrons. The van der Waals surface area contributed by atoms with Gasteiger partial charge in [-0.3, -0.25) is 9.69 Å². The maximum absolute atomic E-state index is 12.7. The highest BCUT2D eigenvalue weighted by Crippen LogP contribution is 2.35. The van der Waals surface area contributed by atoms with E-state index in [1.54, 1.807) is 6.20 Å². The molecule has 0 aliphatic carbocycles. The summed E-state index contributed by atoms with van der Waals surface area (Å²) in [6.45, 7) is 10.7. The van der Waals surface area contributed by atoms with Crippen LogP contribution < -0.4 is 10.2 Å². The highest BCUT2D eigenvalue weighted by Gasteiger charge is 2.44. The Morgan fingerprint density at radius 3 is 2.56 bits per heavy atom. The van der Waals surface area contributed by atoms with Gasteiger partial charge >= 0.3 is 0 Å². The molecule has 3 atom stereocenters. The van der Waals surface area contributed by atoms with Crippen molar-refractivity contribution in [2.45, 2.75) is 44.4 Å². The summed E-state index contributed by atoms with van der Waals surface area (Å²) in [6, 6.07) is 5.90. The molecule has 3 aliphatic rings. The molecule has 1 amide bonds. The number of piperazine rings is 1. The second kappa shape index (κ2) is 8.91. The minimum Gasteiger partial charge on any atom is -0.389 e. The molecule has 3 saturated heterocycles. The molecule has 3 aliphatic heterocycles. The first-order valence-electron chi connectivity index (χ1n) is 11.9. The molecule has 1 aromatic heterocycles. The Morgan fingerprint density at radius 1 is 1.15 bits per heavy atom. The summed E-state index contributed by atoms with van der Waals surface area (Å²) in [5, 5.41) is 15.9. The Labute approximate surface area is 205 Å². The number of hydrogen-bond donors (Lipinski definition) is 2. The molecule has 0 bridgehead atoms. The molecule has 0 spiro atoms. The number of aliphatic hydroxyl groups is 1. The number of aliphatic hydroxyl groups excluding tert-OH is 1. The number of aromatic nitrogens is 1. The minimum atomic E-state index is -0.466. The van der Waals surface area contributed by atoms with Crippen LogP contribution in [0, 0.1) is 5.92 Å². The van der Waals surface area contributed by atoms with E-state index >= 15 is 0 Å². The van der Waals surface area contributed by atoms with Crippen molar-refractivity contribution in [3.8, 4) is 0 Å². The Kier molecular flexibility index (Phi) is 6.23. The molecule has 2 N–H and O–H groups in total. The SMILES string of the molecule is CC1(C)C[C@@H](C(=O)Nc2cc3cc(N4CCN([C@]5(C)COC[C@@H]5O)CC4)c(Cl)cc3cn2)CO1. The quantitative estimate of drug-likeness (QED) is 0.684. The van der Waals surface area contributed by atoms with Gasteiger partial charge in [0.1, 0.15) is 5.82 Å². The number of halogens is 1. The maximum Gasteiger partial charge on any atom is 0.231 e. The fourth-order valence-electron chi connectivity index (χ4n) is 5.31. The third-order valence-electron chi connectivity index (χ3n) is 7.55. The van der Waals surface area contributed by atoms with E-state index in [1.807, 2.05) is 26.0 Å². The van der Waals surface area contributed by atoms with Crippen molar-refractivity contribution in [3.05, 3.63) is 29.4 Å². The molecule has 0 unspecified atom stereocenters. The van der Waals surface area contributed by atoms with Gasteiger partial charge in [0.2, 0.25) is 5.91 Å². The Bertz CT molecular complexity index is 1090. The van der Waals surface area contributed by atoms with Gasteiger partial charge < -0.3 is 24.8 Å². The van der Waals surface area contributed by atoms with Gasteiger partial charge in [0.05, 0.1) is 53.7 Å². The zero-order valence-corrected chi connectivity index (χ0v) is 20.8. The lowest BCUT2D eigenvalue weighted by Gasteiger charge is -2.45. The van der Waals surface area contributed by atoms with Gasteiger partial charge in [-0.15, -0.1) is 0 Å². The molecule has 4 heterocycles. The number of fused-ring (bicyclic) bond motifs is 1. The molecule has 5 rings (SSSR count). The number of anilines is 2. The van der Waals surface area contributed by atoms with Gasteiger partial charge in [-0.05, 0) is 50.8 Å². The van der Waals surface area contributed by atoms with E-state index in [0.717, 1.165) is 42.6 Å². The summed E-state index contributed by atoms with van der Waals surface area (Å²) in [7, 11) is 0. The van der Waals surface area contributed by atoms with Crippen LogP contribution in [0.15, 0.2) is 24.4 Å². The molecular formula is C25H33ClN4O4. The van der Waals surface area contributed by atoms with Crippen molar-refractivity contribution in [1.29, 1.82) is 0 Å². The lowest BCUT2D eigenvalue weighted by molar-refractivity contribution is -0.119. The van der Waals surface area contributed by atoms with E-state index in [1.165, 1.54) is 0 Å². The molecule has 0 radical (unpaired) electrons. The smallest absolute Gasteiger partial charge is 0.231 e. The van der Waals surface area contributed by atoms with Crippen LogP contribution in [0.1, 0.15) is 27.2 Å². The number of benzene rings is 1. The third kappa shape index (κ3) is 4.50. The summed E-state index contributed by atoms with van der Waals surface area (Å²) in [4.78, 5) is 21.7. The first-order valence-corrected chi connectivity index (χ1v) is 12.3. The number of nitrogens with zero attached hydrogens (tertiary/aromatic N) is 3. The highest BCUT2D eigenvalue weighted by molar-refractivity contribution is 6.34. The van der Waals surface area contributed by atoms with Crippen LogP contribution in [0.3, 0.4) is 0 Å². The molecule has 3 fully saturated rings. The van der Waals surface area contributed by atoms with Crippen LogP contribution in [0.2, 0.25) is 5.02 Å². The van der Waals surface area contributed by atoms with Gasteiger partial charge in [0.15, 0.2) is 0 Å². The average molecular weight is 489 g/mol. The predicted molar refractivity (Wildman–Crippen MR) is 133 cm³/mol. The van der Waals surface area contributed by atoms with Gasteiger partial charge in [-0.2, -0.15) is 0 Å². The molecule has 9 heteroatoms. The number of pyridine rings is 1. The van der Waals surface area contributed by atoms with E-state index in [-0.39, 0.29) is 23.0 Å². The van der Waals surface area contributed by atoms with Crippen molar-refractivity contribution >= 4 is 39.8 Å². The van der Waals surface area contributed by atoms with Crippen LogP contribution in [0.5, 0.6) is 0 Å². The van der Waals surface area contributed by atoms with Crippen molar-refractivity contribution in [1.82, 2.24) is 9.88 Å². The zero-order chi connectivity index (χ0) is 24.1. The number of hydrogen-bond acceptors (Lipinski definition) is 7. The van der Waals surface area contributed by atoms with Crippen LogP contribution in [-0.2, 0) is 14.3 Å². The number of nitrogens with one attached hydrogen (secondary N) is 1. The topological polar surface area (TPSA) is 87.2 Å². The normalized spacial score (nSPS) is 29.6. The summed E-state index contributed by atoms with van der Waals surface area (Å²) in [5.74, 6) is 0.299. The van der Waals surface area contributed by atoms with Crippen LogP contribution in [0.4, 0.5) is 11.5 Å². The highest BCUT2D eigenvalue weighted by atomic mass is 35.5. The Morgan fingerprint density at radius 2 is 1.91 bits per heavy atom. The second-order valence-corrected chi connectivity index (χ2v) is 11.0. The molecule has 8 nitrogen and oxygen atoms in total. The molecule has 1 aromatic carbocycles. The van der Waals surface area contributed by atoms with E-state index in [4.69, 9.17) is 21.1 Å². The summed E-state index contributed by atoms with van der Waals surface area (Å²) < 4.78 is 11.2. The van der Waals surface area contributed by atoms with E-state index < -0.39 is 6.10 Å². The van der Waals surface area contributed by atoms with Gasteiger partial charge in [-0.1, -0.05) is 11.6 Å². The van der Waals surface area contributed by atoms with Crippen molar-refractivity contribution in [3.63, 3.8) is 0 Å². The van der Waals surface area contributed by atoms with Gasteiger partial charge in [-0.25, -0.2) is 4.98 Å². The van der Waals surface area contributed by atoms with Crippen molar-refractivity contribution in [2.75, 3.05) is 56.2 Å². The summed E-state index contributed by atoms with van der Waals surface area (Å²) >= 11 is 6.66. The number of rotatable bonds is 4. The molecular weight excluding hydrogens is 456 g/mol. The number of amides is 1. The Hall–Kier alpha value is -1.97. The first-order chi connectivity index (χ1) is 16.1. The van der Waals surface area contributed by atoms with E-state index in [0.29, 0.717) is 37.1 Å². The fraction of sp³-hybridized carbons (Fsp3) is 0.600. The molecule has 34 heavy (non-hydrogen) atoms. The lowest BCUT2D eigenvalue weighted by atomic mass is 9.95. The lowest BCUT2D eigenvalue weighted by Crippen LogP contribution is -2.60. The maximum atomic E-state index is 12.7. The largest absolute Gasteiger partial charge is 0.389 e. The number of carbonyl (C=O) groups excluding carboxylic acids is 1. The first kappa shape index (κ1) is 23.8. The number of carbonyl (C=O) groups is 1. The van der Waals surface area contributed by atoms with Crippen molar-refractivity contribution in [2.24, 2.45) is 5.92 Å². The summed E-state index contributed by atoms with van der Waals surface area (Å²) in [5.41, 5.74) is 0.364. The van der Waals surface area contributed by atoms with Gasteiger partial charge in [0.25, 0.3) is 0 Å². The van der Waals surface area contributed by atoms with Crippen LogP contribution >= 0.6 is 11.6 Å². The second-order valence-electron chi connectivity index (χ2n) is 10.5. The van der Waals surface area contributed by atoms with E-state index in [2.05, 4.69) is 33.1 Å². The average Bonchev–Trinajstić information content (AvgIpc) is 3.35. The van der Waals surface area contributed by atoms with Crippen molar-refractivity contribution < 1.29 is 19.4 Å². The summed E-state index contributed by atoms with van der Waals surface area (Å²) in [6.07, 6.45) is 1.97. The minimum absolute atomic E-state index is 0.0608.